The number of carbonyl (C=O) groups is 2. The molecule has 2 aromatic heterocycles. The van der Waals surface area contributed by atoms with Crippen molar-refractivity contribution in [1.29, 1.82) is 0 Å². The predicted octanol–water partition coefficient (Wildman–Crippen LogP) is 8.35. The zero-order valence-electron chi connectivity index (χ0n) is 33.0. The van der Waals surface area contributed by atoms with Gasteiger partial charge in [0, 0.05) is 75.9 Å². The number of benzene rings is 2. The molecule has 6 rings (SSSR count). The molecule has 2 aliphatic heterocycles. The minimum Gasteiger partial charge on any atom is -0.492 e. The van der Waals surface area contributed by atoms with Crippen molar-refractivity contribution in [3.63, 3.8) is 0 Å². The van der Waals surface area contributed by atoms with Gasteiger partial charge in [0.15, 0.2) is 11.6 Å². The molecular formula is C42H46Cl2F2N2O10. The number of fused-ring (bicyclic) bond motifs is 6. The van der Waals surface area contributed by atoms with Gasteiger partial charge in [-0.3, -0.25) is 9.59 Å². The van der Waals surface area contributed by atoms with Crippen LogP contribution in [0.2, 0.25) is 10.0 Å². The van der Waals surface area contributed by atoms with Crippen molar-refractivity contribution in [3.8, 4) is 34.0 Å². The van der Waals surface area contributed by atoms with Crippen molar-refractivity contribution in [3.05, 3.63) is 101 Å². The van der Waals surface area contributed by atoms with Crippen LogP contribution in [0.15, 0.2) is 46.2 Å². The number of aromatic nitrogens is 2. The van der Waals surface area contributed by atoms with Crippen molar-refractivity contribution < 1.29 is 47.5 Å². The highest BCUT2D eigenvalue weighted by atomic mass is 35.5. The van der Waals surface area contributed by atoms with E-state index in [4.69, 9.17) is 42.1 Å². The van der Waals surface area contributed by atoms with Crippen molar-refractivity contribution in [1.82, 2.24) is 9.13 Å². The number of nitrogens with zero attached hydrogens (tertiary/aromatic N) is 2. The van der Waals surface area contributed by atoms with Crippen LogP contribution in [0.4, 0.5) is 8.78 Å². The molecule has 2 aliphatic rings. The van der Waals surface area contributed by atoms with E-state index in [0.29, 0.717) is 84.8 Å². The lowest BCUT2D eigenvalue weighted by Gasteiger charge is -2.34. The summed E-state index contributed by atoms with van der Waals surface area (Å²) in [5, 5.41) is 19.2. The van der Waals surface area contributed by atoms with Gasteiger partial charge in [0.25, 0.3) is 0 Å². The number of pyridine rings is 2. The first-order valence-corrected chi connectivity index (χ1v) is 19.5. The Bertz CT molecular complexity index is 2160. The number of hydrogen-bond acceptors (Lipinski definition) is 8. The molecule has 0 radical (unpaired) electrons. The summed E-state index contributed by atoms with van der Waals surface area (Å²) < 4.78 is 54.7. The maximum Gasteiger partial charge on any atom is 0.341 e. The minimum absolute atomic E-state index is 0.0628. The Balaban J connectivity index is 0.000000221. The number of rotatable bonds is 14. The summed E-state index contributed by atoms with van der Waals surface area (Å²) >= 11 is 12.7. The summed E-state index contributed by atoms with van der Waals surface area (Å²) in [6.45, 7) is 9.83. The molecule has 4 aromatic rings. The van der Waals surface area contributed by atoms with Gasteiger partial charge in [-0.25, -0.2) is 18.4 Å². The van der Waals surface area contributed by atoms with E-state index in [9.17, 15) is 29.4 Å². The second-order valence-electron chi connectivity index (χ2n) is 14.8. The van der Waals surface area contributed by atoms with E-state index >= 15 is 8.78 Å². The quantitative estimate of drug-likeness (QED) is 0.118. The van der Waals surface area contributed by atoms with Gasteiger partial charge in [-0.05, 0) is 60.1 Å². The number of ether oxygens (including phenoxy) is 4. The Morgan fingerprint density at radius 1 is 0.690 bits per heavy atom. The molecule has 0 spiro atoms. The molecule has 0 amide bonds. The molecule has 2 aromatic carbocycles. The molecule has 12 nitrogen and oxygen atoms in total. The lowest BCUT2D eigenvalue weighted by atomic mass is 9.87. The van der Waals surface area contributed by atoms with Gasteiger partial charge in [0.1, 0.15) is 22.6 Å². The Morgan fingerprint density at radius 2 is 1.05 bits per heavy atom. The first kappa shape index (κ1) is 44.3. The molecule has 16 heteroatoms. The maximum absolute atomic E-state index is 15.1. The first-order chi connectivity index (χ1) is 27.5. The third kappa shape index (κ3) is 9.10. The topological polar surface area (TPSA) is 156 Å². The molecule has 0 fully saturated rings. The van der Waals surface area contributed by atoms with Crippen LogP contribution in [0, 0.1) is 23.5 Å². The Hall–Kier alpha value is -4.76. The van der Waals surface area contributed by atoms with E-state index in [1.165, 1.54) is 12.4 Å². The van der Waals surface area contributed by atoms with Gasteiger partial charge < -0.3 is 38.3 Å². The second-order valence-corrected chi connectivity index (χ2v) is 15.6. The summed E-state index contributed by atoms with van der Waals surface area (Å²) in [7, 11) is 3.23. The van der Waals surface area contributed by atoms with Gasteiger partial charge in [-0.1, -0.05) is 50.9 Å². The number of carboxylic acids is 2. The first-order valence-electron chi connectivity index (χ1n) is 18.8. The molecule has 2 atom stereocenters. The van der Waals surface area contributed by atoms with Gasteiger partial charge in [-0.2, -0.15) is 0 Å². The summed E-state index contributed by atoms with van der Waals surface area (Å²) in [5.41, 5.74) is -0.738. The third-order valence-electron chi connectivity index (χ3n) is 10.3. The number of halogens is 4. The zero-order valence-corrected chi connectivity index (χ0v) is 34.5. The lowest BCUT2D eigenvalue weighted by Crippen LogP contribution is -2.30. The highest BCUT2D eigenvalue weighted by Gasteiger charge is 2.34. The van der Waals surface area contributed by atoms with E-state index < -0.39 is 45.6 Å². The molecule has 312 valence electrons. The van der Waals surface area contributed by atoms with Crippen LogP contribution >= 0.6 is 23.2 Å². The van der Waals surface area contributed by atoms with Crippen LogP contribution in [0.25, 0.3) is 22.5 Å². The number of methoxy groups -OCH3 is 2. The molecule has 0 saturated heterocycles. The van der Waals surface area contributed by atoms with Crippen LogP contribution in [0.1, 0.15) is 84.5 Å². The minimum atomic E-state index is -1.45. The third-order valence-corrected chi connectivity index (χ3v) is 10.8. The van der Waals surface area contributed by atoms with E-state index in [-0.39, 0.29) is 35.3 Å². The highest BCUT2D eigenvalue weighted by Crippen LogP contribution is 2.44. The summed E-state index contributed by atoms with van der Waals surface area (Å²) in [6, 6.07) is 6.28. The lowest BCUT2D eigenvalue weighted by molar-refractivity contribution is 0.0682. The second kappa shape index (κ2) is 18.9. The van der Waals surface area contributed by atoms with Crippen molar-refractivity contribution >= 4 is 35.1 Å². The molecular weight excluding hydrogens is 801 g/mol. The fourth-order valence-electron chi connectivity index (χ4n) is 7.27. The summed E-state index contributed by atoms with van der Waals surface area (Å²) in [4.78, 5) is 47.4. The monoisotopic (exact) mass is 846 g/mol. The SMILES string of the molecule is COCCCOc1cc2c(cc1Cl)-c1c(F)c(=O)c(C(=O)O)cn1[C@@H](C(C)C)C2.COCCCOc1cc2c(cc1Cl)-c1c(F)c(=O)c(C(=O)O)cn1[C@H](C(C)C)C2. The van der Waals surface area contributed by atoms with E-state index in [0.717, 1.165) is 11.1 Å². The largest absolute Gasteiger partial charge is 0.492 e. The maximum atomic E-state index is 15.1. The average Bonchev–Trinajstić information content (AvgIpc) is 3.17. The van der Waals surface area contributed by atoms with E-state index in [2.05, 4.69) is 0 Å². The number of aromatic carboxylic acids is 2. The van der Waals surface area contributed by atoms with Gasteiger partial charge in [0.2, 0.25) is 10.9 Å². The number of hydrogen-bond donors (Lipinski definition) is 2. The van der Waals surface area contributed by atoms with Crippen LogP contribution < -0.4 is 20.3 Å². The zero-order chi connectivity index (χ0) is 42.6. The normalized spacial score (nSPS) is 15.2. The number of carboxylic acid groups (broad SMARTS) is 2. The van der Waals surface area contributed by atoms with E-state index in [1.807, 2.05) is 27.7 Å². The van der Waals surface area contributed by atoms with Gasteiger partial charge >= 0.3 is 11.9 Å². The smallest absolute Gasteiger partial charge is 0.341 e. The van der Waals surface area contributed by atoms with Crippen molar-refractivity contribution in [2.45, 2.75) is 65.5 Å². The van der Waals surface area contributed by atoms with E-state index in [1.54, 1.807) is 47.6 Å². The summed E-state index contributed by atoms with van der Waals surface area (Å²) in [5.74, 6) is -3.93. The molecule has 2 N–H and O–H groups in total. The summed E-state index contributed by atoms with van der Waals surface area (Å²) in [6.07, 6.45) is 4.94. The average molecular weight is 848 g/mol. The van der Waals surface area contributed by atoms with Crippen LogP contribution in [0.5, 0.6) is 11.5 Å². The fourth-order valence-corrected chi connectivity index (χ4v) is 7.70. The molecule has 0 bridgehead atoms. The Morgan fingerprint density at radius 3 is 1.36 bits per heavy atom. The predicted molar refractivity (Wildman–Crippen MR) is 215 cm³/mol. The fraction of sp³-hybridized carbons (Fsp3) is 0.429. The van der Waals surface area contributed by atoms with Crippen molar-refractivity contribution in [2.24, 2.45) is 11.8 Å². The van der Waals surface area contributed by atoms with Crippen molar-refractivity contribution in [2.75, 3.05) is 40.6 Å². The molecule has 58 heavy (non-hydrogen) atoms. The Labute approximate surface area is 343 Å². The van der Waals surface area contributed by atoms with Gasteiger partial charge in [-0.15, -0.1) is 0 Å². The molecule has 4 heterocycles. The van der Waals surface area contributed by atoms with Crippen LogP contribution in [0.3, 0.4) is 0 Å². The Kier molecular flexibility index (Phi) is 14.4. The molecule has 0 aliphatic carbocycles. The molecule has 0 unspecified atom stereocenters. The van der Waals surface area contributed by atoms with Gasteiger partial charge in [0.05, 0.1) is 34.6 Å². The highest BCUT2D eigenvalue weighted by molar-refractivity contribution is 6.32. The standard InChI is InChI=1S/2C21H23ClFNO5/c2*1-11(2)16-7-12-8-17(29-6-4-5-28-3)15(22)9-13(12)19-18(23)20(25)14(21(26)27)10-24(16)19/h2*8-11,16H,4-7H2,1-3H3,(H,26,27)/t2*16-/m10/s1. The van der Waals surface area contributed by atoms with Crippen LogP contribution in [-0.2, 0) is 22.3 Å². The molecule has 0 saturated carbocycles. The van der Waals surface area contributed by atoms with Crippen LogP contribution in [-0.4, -0.2) is 71.9 Å².